The van der Waals surface area contributed by atoms with Crippen LogP contribution in [0, 0.1) is 0 Å². The van der Waals surface area contributed by atoms with E-state index >= 15 is 0 Å². The minimum absolute atomic E-state index is 0.110. The lowest BCUT2D eigenvalue weighted by Gasteiger charge is -2.29. The zero-order valence-electron chi connectivity index (χ0n) is 9.72. The van der Waals surface area contributed by atoms with Gasteiger partial charge in [0.25, 0.3) is 0 Å². The highest BCUT2D eigenvalue weighted by Crippen LogP contribution is 2.27. The van der Waals surface area contributed by atoms with Gasteiger partial charge in [0, 0.05) is 12.1 Å². The summed E-state index contributed by atoms with van der Waals surface area (Å²) in [6, 6.07) is 6.87. The third kappa shape index (κ3) is 2.34. The first kappa shape index (κ1) is 12.1. The Balaban J connectivity index is 2.49. The van der Waals surface area contributed by atoms with Crippen LogP contribution in [0.15, 0.2) is 24.3 Å². The van der Waals surface area contributed by atoms with E-state index in [0.29, 0.717) is 24.2 Å². The topological polar surface area (TPSA) is 54.5 Å². The number of sulfonamides is 1. The lowest BCUT2D eigenvalue weighted by atomic mass is 10.1. The summed E-state index contributed by atoms with van der Waals surface area (Å²) in [4.78, 5) is 11.5. The predicted molar refractivity (Wildman–Crippen MR) is 66.8 cm³/mol. The number of benzene rings is 1. The molecule has 2 rings (SSSR count). The Hall–Kier alpha value is -1.36. The normalized spacial score (nSPS) is 19.0. The van der Waals surface area contributed by atoms with Gasteiger partial charge in [-0.2, -0.15) is 0 Å². The van der Waals surface area contributed by atoms with Crippen LogP contribution >= 0.6 is 0 Å². The number of hydrogen-bond donors (Lipinski definition) is 0. The van der Waals surface area contributed by atoms with Crippen molar-refractivity contribution in [1.29, 1.82) is 0 Å². The fourth-order valence-electron chi connectivity index (χ4n) is 2.05. The Labute approximate surface area is 101 Å². The van der Waals surface area contributed by atoms with E-state index in [0.717, 1.165) is 6.42 Å². The second kappa shape index (κ2) is 4.49. The number of rotatable bonds is 2. The van der Waals surface area contributed by atoms with Gasteiger partial charge >= 0.3 is 0 Å². The number of para-hydroxylation sites is 1. The van der Waals surface area contributed by atoms with Gasteiger partial charge < -0.3 is 0 Å². The molecule has 1 aliphatic rings. The van der Waals surface area contributed by atoms with Crippen LogP contribution in [0.3, 0.4) is 0 Å². The molecule has 0 spiro atoms. The van der Waals surface area contributed by atoms with Crippen LogP contribution in [0.25, 0.3) is 0 Å². The lowest BCUT2D eigenvalue weighted by Crippen LogP contribution is -2.38. The zero-order valence-corrected chi connectivity index (χ0v) is 10.5. The average Bonchev–Trinajstić information content (AvgIpc) is 2.28. The van der Waals surface area contributed by atoms with Crippen LogP contribution in [-0.4, -0.2) is 26.5 Å². The molecule has 92 valence electrons. The number of hydrogen-bond acceptors (Lipinski definition) is 3. The molecule has 0 aliphatic carbocycles. The molecule has 1 aliphatic heterocycles. The largest absolute Gasteiger partial charge is 0.294 e. The number of carbonyl (C=O) groups is 1. The first-order valence-corrected chi connectivity index (χ1v) is 7.24. The maximum absolute atomic E-state index is 12.0. The molecule has 0 bridgehead atoms. The molecular formula is C12H15NO3S. The van der Waals surface area contributed by atoms with Gasteiger partial charge in [-0.05, 0) is 31.9 Å². The van der Waals surface area contributed by atoms with Crippen LogP contribution < -0.4 is 4.31 Å². The Morgan fingerprint density at radius 2 is 1.94 bits per heavy atom. The van der Waals surface area contributed by atoms with Crippen molar-refractivity contribution in [3.8, 4) is 0 Å². The molecular weight excluding hydrogens is 238 g/mol. The molecule has 0 saturated carbocycles. The van der Waals surface area contributed by atoms with E-state index in [1.807, 2.05) is 0 Å². The summed E-state index contributed by atoms with van der Waals surface area (Å²) in [6.45, 7) is 1.92. The maximum Gasteiger partial charge on any atom is 0.235 e. The van der Waals surface area contributed by atoms with Gasteiger partial charge in [0.05, 0.1) is 11.4 Å². The van der Waals surface area contributed by atoms with Crippen LogP contribution in [0.2, 0.25) is 0 Å². The summed E-state index contributed by atoms with van der Waals surface area (Å²) in [5, 5.41) is 0. The van der Waals surface area contributed by atoms with Crippen molar-refractivity contribution in [3.05, 3.63) is 29.8 Å². The van der Waals surface area contributed by atoms with Crippen LogP contribution in [-0.2, 0) is 10.0 Å². The molecule has 1 heterocycles. The fourth-order valence-corrected chi connectivity index (χ4v) is 3.70. The van der Waals surface area contributed by atoms with Gasteiger partial charge in [0.2, 0.25) is 10.0 Å². The minimum Gasteiger partial charge on any atom is -0.294 e. The monoisotopic (exact) mass is 253 g/mol. The number of Topliss-reactive ketones (excluding diaryl/α,β-unsaturated/α-hetero) is 1. The third-order valence-corrected chi connectivity index (χ3v) is 4.76. The molecule has 0 radical (unpaired) electrons. The van der Waals surface area contributed by atoms with Gasteiger partial charge in [-0.1, -0.05) is 12.1 Å². The van der Waals surface area contributed by atoms with Gasteiger partial charge in [0.1, 0.15) is 0 Å². The number of anilines is 1. The molecule has 1 saturated heterocycles. The summed E-state index contributed by atoms with van der Waals surface area (Å²) in [5.74, 6) is 0.0561. The molecule has 0 amide bonds. The summed E-state index contributed by atoms with van der Waals surface area (Å²) >= 11 is 0. The van der Waals surface area contributed by atoms with Crippen molar-refractivity contribution in [2.24, 2.45) is 0 Å². The third-order valence-electron chi connectivity index (χ3n) is 2.90. The van der Waals surface area contributed by atoms with Crippen molar-refractivity contribution < 1.29 is 13.2 Å². The second-order valence-corrected chi connectivity index (χ2v) is 6.18. The Morgan fingerprint density at radius 3 is 2.59 bits per heavy atom. The van der Waals surface area contributed by atoms with E-state index in [2.05, 4.69) is 0 Å². The van der Waals surface area contributed by atoms with E-state index < -0.39 is 10.0 Å². The van der Waals surface area contributed by atoms with E-state index in [-0.39, 0.29) is 11.5 Å². The highest BCUT2D eigenvalue weighted by Gasteiger charge is 2.28. The molecule has 0 atom stereocenters. The molecule has 0 aromatic heterocycles. The van der Waals surface area contributed by atoms with Crippen molar-refractivity contribution in [2.75, 3.05) is 16.6 Å². The van der Waals surface area contributed by atoms with E-state index in [4.69, 9.17) is 0 Å². The molecule has 17 heavy (non-hydrogen) atoms. The smallest absolute Gasteiger partial charge is 0.235 e. The second-order valence-electron chi connectivity index (χ2n) is 4.17. The summed E-state index contributed by atoms with van der Waals surface area (Å²) in [6.07, 6.45) is 1.53. The van der Waals surface area contributed by atoms with Crippen molar-refractivity contribution in [2.45, 2.75) is 19.8 Å². The zero-order chi connectivity index (χ0) is 12.5. The summed E-state index contributed by atoms with van der Waals surface area (Å²) in [5.41, 5.74) is 0.984. The van der Waals surface area contributed by atoms with Gasteiger partial charge in [-0.25, -0.2) is 8.42 Å². The highest BCUT2D eigenvalue weighted by atomic mass is 32.2. The van der Waals surface area contributed by atoms with Crippen molar-refractivity contribution >= 4 is 21.5 Å². The van der Waals surface area contributed by atoms with Crippen LogP contribution in [0.4, 0.5) is 5.69 Å². The summed E-state index contributed by atoms with van der Waals surface area (Å²) in [7, 11) is -3.25. The maximum atomic E-state index is 12.0. The number of carbonyl (C=O) groups excluding carboxylic acids is 1. The molecule has 1 fully saturated rings. The standard InChI is InChI=1S/C12H15NO3S/c1-10(14)11-6-2-3-7-12(11)13-8-4-5-9-17(13,15)16/h2-3,6-7H,4-5,8-9H2,1H3. The Bertz CT molecular complexity index is 536. The summed E-state index contributed by atoms with van der Waals surface area (Å²) < 4.78 is 25.3. The highest BCUT2D eigenvalue weighted by molar-refractivity contribution is 7.92. The van der Waals surface area contributed by atoms with E-state index in [1.165, 1.54) is 11.2 Å². The fraction of sp³-hybridized carbons (Fsp3) is 0.417. The average molecular weight is 253 g/mol. The molecule has 4 nitrogen and oxygen atoms in total. The molecule has 1 aromatic rings. The number of nitrogens with zero attached hydrogens (tertiary/aromatic N) is 1. The minimum atomic E-state index is -3.25. The predicted octanol–water partition coefficient (Wildman–Crippen LogP) is 1.82. The molecule has 1 aromatic carbocycles. The molecule has 0 N–H and O–H groups in total. The first-order valence-electron chi connectivity index (χ1n) is 5.63. The van der Waals surface area contributed by atoms with Gasteiger partial charge in [-0.3, -0.25) is 9.10 Å². The van der Waals surface area contributed by atoms with Gasteiger partial charge in [0.15, 0.2) is 5.78 Å². The van der Waals surface area contributed by atoms with Crippen LogP contribution in [0.1, 0.15) is 30.1 Å². The van der Waals surface area contributed by atoms with Crippen molar-refractivity contribution in [3.63, 3.8) is 0 Å². The number of ketones is 1. The van der Waals surface area contributed by atoms with E-state index in [9.17, 15) is 13.2 Å². The SMILES string of the molecule is CC(=O)c1ccccc1N1CCCCS1(=O)=O. The lowest BCUT2D eigenvalue weighted by molar-refractivity contribution is 0.101. The van der Waals surface area contributed by atoms with E-state index in [1.54, 1.807) is 24.3 Å². The molecule has 0 unspecified atom stereocenters. The first-order chi connectivity index (χ1) is 8.02. The van der Waals surface area contributed by atoms with Crippen LogP contribution in [0.5, 0.6) is 0 Å². The Kier molecular flexibility index (Phi) is 3.19. The Morgan fingerprint density at radius 1 is 1.24 bits per heavy atom. The molecule has 5 heteroatoms. The quantitative estimate of drug-likeness (QED) is 0.755. The van der Waals surface area contributed by atoms with Gasteiger partial charge in [-0.15, -0.1) is 0 Å². The van der Waals surface area contributed by atoms with Crippen molar-refractivity contribution in [1.82, 2.24) is 0 Å².